The normalized spacial score (nSPS) is 12.0. The minimum absolute atomic E-state index is 0.515. The van der Waals surface area contributed by atoms with Gasteiger partial charge in [-0.1, -0.05) is 68.4 Å². The number of hydrogen-bond acceptors (Lipinski definition) is 4. The predicted octanol–water partition coefficient (Wildman–Crippen LogP) is 10.3. The van der Waals surface area contributed by atoms with Crippen molar-refractivity contribution in [2.45, 2.75) is 41.0 Å². The van der Waals surface area contributed by atoms with Crippen LogP contribution in [0.5, 0.6) is 0 Å². The van der Waals surface area contributed by atoms with E-state index < -0.39 is 0 Å². The third kappa shape index (κ3) is 4.50. The number of nitrogens with zero attached hydrogens (tertiary/aromatic N) is 4. The topological polar surface area (TPSA) is 56.7 Å². The largest absolute Gasteiger partial charge is 0.437 e. The third-order valence-electron chi connectivity index (χ3n) is 8.72. The van der Waals surface area contributed by atoms with Gasteiger partial charge in [0, 0.05) is 27.5 Å². The number of aromatic nitrogens is 4. The van der Waals surface area contributed by atoms with Crippen molar-refractivity contribution in [2.24, 2.45) is 5.92 Å². The van der Waals surface area contributed by atoms with Crippen LogP contribution in [0.25, 0.3) is 72.2 Å². The van der Waals surface area contributed by atoms with Crippen molar-refractivity contribution in [3.8, 4) is 28.2 Å². The number of fused-ring (bicyclic) bond motifs is 6. The number of benzene rings is 4. The van der Waals surface area contributed by atoms with Crippen LogP contribution in [0, 0.1) is 26.7 Å². The molecule has 5 nitrogen and oxygen atoms in total. The number of aryl methyl sites for hydroxylation is 3. The molecule has 5 heteroatoms. The minimum Gasteiger partial charge on any atom is -0.437 e. The van der Waals surface area contributed by atoms with Crippen molar-refractivity contribution in [3.05, 3.63) is 120 Å². The number of hydrogen-bond donors (Lipinski definition) is 0. The molecule has 4 aromatic carbocycles. The van der Waals surface area contributed by atoms with Crippen molar-refractivity contribution >= 4 is 44.0 Å². The van der Waals surface area contributed by atoms with Gasteiger partial charge in [0.25, 0.3) is 0 Å². The highest BCUT2D eigenvalue weighted by molar-refractivity contribution is 6.10. The van der Waals surface area contributed by atoms with Crippen LogP contribution in [0.15, 0.2) is 101 Å². The molecule has 0 amide bonds. The molecular formula is C40H34N4O. The molecule has 0 spiro atoms. The van der Waals surface area contributed by atoms with Gasteiger partial charge in [0.05, 0.1) is 27.8 Å². The number of pyridine rings is 2. The van der Waals surface area contributed by atoms with Crippen molar-refractivity contribution < 1.29 is 4.42 Å². The zero-order valence-electron chi connectivity index (χ0n) is 26.2. The summed E-state index contributed by atoms with van der Waals surface area (Å²) in [6.45, 7) is 10.8. The molecular weight excluding hydrogens is 552 g/mol. The maximum atomic E-state index is 6.61. The molecule has 0 aliphatic rings. The van der Waals surface area contributed by atoms with E-state index in [9.17, 15) is 0 Å². The molecule has 8 aromatic rings. The Bertz CT molecular complexity index is 2390. The van der Waals surface area contributed by atoms with Crippen molar-refractivity contribution in [1.82, 2.24) is 19.5 Å². The summed E-state index contributed by atoms with van der Waals surface area (Å²) >= 11 is 0. The van der Waals surface area contributed by atoms with E-state index in [1.54, 1.807) is 0 Å². The van der Waals surface area contributed by atoms with Gasteiger partial charge in [-0.3, -0.25) is 9.55 Å². The highest BCUT2D eigenvalue weighted by Crippen LogP contribution is 2.40. The lowest BCUT2D eigenvalue weighted by Crippen LogP contribution is -2.04. The van der Waals surface area contributed by atoms with E-state index >= 15 is 0 Å². The first kappa shape index (κ1) is 27.3. The first-order valence-corrected chi connectivity index (χ1v) is 15.6. The fraction of sp³-hybridized carbons (Fsp3) is 0.175. The second kappa shape index (κ2) is 10.4. The standard InChI is InChI=1S/C40H34N4O/c1-23(2)20-30-17-18-32-31-12-9-13-33(38(31)45-40(32)42-30)39-43-34-19-16-28-15-14-26(5)41-35(28)37(34)44(39)36-24(3)21-29(22-25(36)4)27-10-7-6-8-11-27/h6-19,21-23H,20H2,1-5H3. The van der Waals surface area contributed by atoms with E-state index in [1.807, 2.05) is 6.92 Å². The Balaban J connectivity index is 1.45. The second-order valence-corrected chi connectivity index (χ2v) is 12.6. The van der Waals surface area contributed by atoms with Crippen LogP contribution < -0.4 is 0 Å². The molecule has 0 saturated carbocycles. The molecule has 0 unspecified atom stereocenters. The lowest BCUT2D eigenvalue weighted by Gasteiger charge is -2.18. The Kier molecular flexibility index (Phi) is 6.31. The van der Waals surface area contributed by atoms with E-state index in [1.165, 1.54) is 11.1 Å². The van der Waals surface area contributed by atoms with Gasteiger partial charge in [0.2, 0.25) is 5.71 Å². The van der Waals surface area contributed by atoms with Gasteiger partial charge in [-0.05, 0) is 97.8 Å². The first-order chi connectivity index (χ1) is 21.9. The first-order valence-electron chi connectivity index (χ1n) is 15.6. The predicted molar refractivity (Wildman–Crippen MR) is 185 cm³/mol. The van der Waals surface area contributed by atoms with Crippen LogP contribution in [0.1, 0.15) is 36.4 Å². The maximum Gasteiger partial charge on any atom is 0.227 e. The zero-order chi connectivity index (χ0) is 30.8. The van der Waals surface area contributed by atoms with Crippen molar-refractivity contribution in [3.63, 3.8) is 0 Å². The zero-order valence-corrected chi connectivity index (χ0v) is 26.2. The summed E-state index contributed by atoms with van der Waals surface area (Å²) in [5.41, 5.74) is 13.1. The van der Waals surface area contributed by atoms with Gasteiger partial charge in [-0.25, -0.2) is 9.97 Å². The van der Waals surface area contributed by atoms with Crippen LogP contribution in [-0.2, 0) is 6.42 Å². The van der Waals surface area contributed by atoms with Crippen LogP contribution in [0.2, 0.25) is 0 Å². The average molecular weight is 587 g/mol. The SMILES string of the molecule is Cc1ccc2ccc3nc(-c4cccc5c4oc4nc(CC(C)C)ccc45)n(-c4c(C)cc(-c5ccccc5)cc4C)c3c2n1. The summed E-state index contributed by atoms with van der Waals surface area (Å²) in [6.07, 6.45) is 0.909. The van der Waals surface area contributed by atoms with Gasteiger partial charge in [-0.15, -0.1) is 0 Å². The van der Waals surface area contributed by atoms with E-state index in [2.05, 4.69) is 129 Å². The lowest BCUT2D eigenvalue weighted by atomic mass is 9.98. The van der Waals surface area contributed by atoms with Crippen LogP contribution >= 0.6 is 0 Å². The Morgan fingerprint density at radius 1 is 0.711 bits per heavy atom. The van der Waals surface area contributed by atoms with Crippen LogP contribution in [0.4, 0.5) is 0 Å². The molecule has 0 aliphatic carbocycles. The smallest absolute Gasteiger partial charge is 0.227 e. The molecule has 4 aromatic heterocycles. The summed E-state index contributed by atoms with van der Waals surface area (Å²) in [7, 11) is 0. The second-order valence-electron chi connectivity index (χ2n) is 12.6. The van der Waals surface area contributed by atoms with Crippen molar-refractivity contribution in [2.75, 3.05) is 0 Å². The quantitative estimate of drug-likeness (QED) is 0.201. The molecule has 0 bridgehead atoms. The molecule has 0 aliphatic heterocycles. The minimum atomic E-state index is 0.515. The Morgan fingerprint density at radius 2 is 1.49 bits per heavy atom. The molecule has 8 rings (SSSR count). The Morgan fingerprint density at radius 3 is 2.27 bits per heavy atom. The lowest BCUT2D eigenvalue weighted by molar-refractivity contribution is 0.621. The van der Waals surface area contributed by atoms with E-state index in [0.29, 0.717) is 11.6 Å². The van der Waals surface area contributed by atoms with Gasteiger partial charge in [-0.2, -0.15) is 0 Å². The van der Waals surface area contributed by atoms with Gasteiger partial charge in [0.15, 0.2) is 0 Å². The number of furan rings is 1. The Labute approximate surface area is 262 Å². The molecule has 0 fully saturated rings. The summed E-state index contributed by atoms with van der Waals surface area (Å²) < 4.78 is 8.92. The van der Waals surface area contributed by atoms with E-state index in [-0.39, 0.29) is 0 Å². The molecule has 0 saturated heterocycles. The summed E-state index contributed by atoms with van der Waals surface area (Å²) in [6, 6.07) is 34.1. The summed E-state index contributed by atoms with van der Waals surface area (Å²) in [4.78, 5) is 15.3. The molecule has 4 heterocycles. The van der Waals surface area contributed by atoms with Crippen molar-refractivity contribution in [1.29, 1.82) is 0 Å². The molecule has 0 radical (unpaired) electrons. The number of rotatable bonds is 5. The van der Waals surface area contributed by atoms with E-state index in [0.717, 1.165) is 84.3 Å². The van der Waals surface area contributed by atoms with E-state index in [4.69, 9.17) is 19.4 Å². The molecule has 45 heavy (non-hydrogen) atoms. The number of para-hydroxylation sites is 1. The number of imidazole rings is 1. The average Bonchev–Trinajstić information content (AvgIpc) is 3.59. The van der Waals surface area contributed by atoms with Gasteiger partial charge in [0.1, 0.15) is 11.4 Å². The van der Waals surface area contributed by atoms with Gasteiger partial charge >= 0.3 is 0 Å². The van der Waals surface area contributed by atoms with Gasteiger partial charge < -0.3 is 4.42 Å². The monoisotopic (exact) mass is 586 g/mol. The fourth-order valence-corrected chi connectivity index (χ4v) is 6.77. The third-order valence-corrected chi connectivity index (χ3v) is 8.72. The maximum absolute atomic E-state index is 6.61. The molecule has 220 valence electrons. The summed E-state index contributed by atoms with van der Waals surface area (Å²) in [5, 5.41) is 3.14. The fourth-order valence-electron chi connectivity index (χ4n) is 6.77. The Hall–Kier alpha value is -5.29. The molecule has 0 N–H and O–H groups in total. The molecule has 0 atom stereocenters. The highest BCUT2D eigenvalue weighted by atomic mass is 16.3. The highest BCUT2D eigenvalue weighted by Gasteiger charge is 2.24. The van der Waals surface area contributed by atoms with Crippen LogP contribution in [0.3, 0.4) is 0 Å². The summed E-state index contributed by atoms with van der Waals surface area (Å²) in [5.74, 6) is 1.34. The van der Waals surface area contributed by atoms with Crippen LogP contribution in [-0.4, -0.2) is 19.5 Å².